The van der Waals surface area contributed by atoms with E-state index in [0.717, 1.165) is 17.2 Å². The first-order valence-corrected chi connectivity index (χ1v) is 6.73. The fourth-order valence-corrected chi connectivity index (χ4v) is 2.17. The lowest BCUT2D eigenvalue weighted by molar-refractivity contribution is -0.684. The van der Waals surface area contributed by atoms with Gasteiger partial charge in [0, 0.05) is 34.6 Å². The average molecular weight is 279 g/mol. The van der Waals surface area contributed by atoms with Gasteiger partial charge < -0.3 is 0 Å². The molecule has 0 fully saturated rings. The van der Waals surface area contributed by atoms with Crippen LogP contribution < -0.4 is 9.40 Å². The lowest BCUT2D eigenvalue weighted by Gasteiger charge is -2.20. The van der Waals surface area contributed by atoms with Crippen molar-refractivity contribution < 1.29 is 26.6 Å². The third-order valence-corrected chi connectivity index (χ3v) is 3.34. The highest BCUT2D eigenvalue weighted by Gasteiger charge is 2.34. The molecule has 1 heterocycles. The predicted octanol–water partition coefficient (Wildman–Crippen LogP) is 0.222. The van der Waals surface area contributed by atoms with E-state index in [9.17, 15) is 8.42 Å². The molecule has 0 atom stereocenters. The first kappa shape index (κ1) is 14.9. The maximum atomic E-state index is 10.7. The molecule has 1 rings (SSSR count). The Morgan fingerprint density at radius 2 is 1.78 bits per heavy atom. The highest BCUT2D eigenvalue weighted by molar-refractivity contribution is 7.80. The fourth-order valence-electron chi connectivity index (χ4n) is 1.63. The van der Waals surface area contributed by atoms with Crippen molar-refractivity contribution in [1.82, 2.24) is 4.73 Å². The van der Waals surface area contributed by atoms with E-state index >= 15 is 0 Å². The second kappa shape index (κ2) is 4.52. The van der Waals surface area contributed by atoms with Gasteiger partial charge in [-0.15, -0.1) is 0 Å². The molecule has 0 saturated carbocycles. The van der Waals surface area contributed by atoms with Crippen LogP contribution in [0.1, 0.15) is 31.1 Å². The molecule has 1 aromatic heterocycles. The summed E-state index contributed by atoms with van der Waals surface area (Å²) in [6.45, 7) is 8.37. The molecule has 0 saturated heterocycles. The summed E-state index contributed by atoms with van der Waals surface area (Å²) in [6.07, 6.45) is 0. The summed E-state index contributed by atoms with van der Waals surface area (Å²) < 4.78 is 38.0. The first-order chi connectivity index (χ1) is 7.94. The van der Waals surface area contributed by atoms with Gasteiger partial charge in [-0.05, 0) is 4.73 Å². The third kappa shape index (κ3) is 3.21. The second-order valence-electron chi connectivity index (χ2n) is 4.57. The molecule has 0 aliphatic rings. The average Bonchev–Trinajstić information content (AvgIpc) is 2.32. The SMILES string of the molecule is Cc1c(C)[n+](C)c(C)n1OC(C)(C)OS(=O)(=O)O. The minimum atomic E-state index is -4.58. The Morgan fingerprint density at radius 3 is 2.11 bits per heavy atom. The van der Waals surface area contributed by atoms with Gasteiger partial charge in [0.15, 0.2) is 5.69 Å². The van der Waals surface area contributed by atoms with Crippen molar-refractivity contribution in [1.29, 1.82) is 0 Å². The molecular weight excluding hydrogens is 260 g/mol. The summed E-state index contributed by atoms with van der Waals surface area (Å²) in [6, 6.07) is 0. The molecule has 8 heteroatoms. The lowest BCUT2D eigenvalue weighted by Crippen LogP contribution is -2.42. The number of aromatic nitrogens is 2. The van der Waals surface area contributed by atoms with Crippen LogP contribution in [0.5, 0.6) is 0 Å². The van der Waals surface area contributed by atoms with Crippen LogP contribution in [-0.4, -0.2) is 23.5 Å². The van der Waals surface area contributed by atoms with Gasteiger partial charge in [-0.3, -0.25) is 9.39 Å². The van der Waals surface area contributed by atoms with E-state index in [2.05, 4.69) is 4.18 Å². The summed E-state index contributed by atoms with van der Waals surface area (Å²) >= 11 is 0. The molecule has 0 amide bonds. The Bertz CT molecular complexity index is 534. The molecule has 0 aromatic carbocycles. The Labute approximate surface area is 107 Å². The van der Waals surface area contributed by atoms with Crippen molar-refractivity contribution in [3.63, 3.8) is 0 Å². The van der Waals surface area contributed by atoms with E-state index < -0.39 is 16.2 Å². The number of hydrogen-bond donors (Lipinski definition) is 1. The Kier molecular flexibility index (Phi) is 3.75. The molecule has 0 unspecified atom stereocenters. The van der Waals surface area contributed by atoms with Crippen LogP contribution in [0.2, 0.25) is 0 Å². The van der Waals surface area contributed by atoms with Crippen LogP contribution >= 0.6 is 0 Å². The standard InChI is InChI=1S/C10H18N2O5S/c1-7-8(2)12(9(3)11(7)6)16-10(4,5)17-18(13,14)15/h1-6H3/p+1. The van der Waals surface area contributed by atoms with Crippen LogP contribution in [0.3, 0.4) is 0 Å². The van der Waals surface area contributed by atoms with Crippen molar-refractivity contribution in [3.8, 4) is 0 Å². The smallest absolute Gasteiger partial charge is 0.299 e. The van der Waals surface area contributed by atoms with E-state index in [1.54, 1.807) is 0 Å². The van der Waals surface area contributed by atoms with E-state index in [-0.39, 0.29) is 0 Å². The van der Waals surface area contributed by atoms with Gasteiger partial charge in [-0.1, -0.05) is 0 Å². The van der Waals surface area contributed by atoms with Crippen molar-refractivity contribution in [2.75, 3.05) is 0 Å². The molecule has 104 valence electrons. The molecule has 0 bridgehead atoms. The maximum absolute atomic E-state index is 10.7. The second-order valence-corrected chi connectivity index (χ2v) is 5.60. The van der Waals surface area contributed by atoms with Crippen LogP contribution in [0.15, 0.2) is 0 Å². The zero-order chi connectivity index (χ0) is 14.3. The van der Waals surface area contributed by atoms with E-state index in [1.807, 2.05) is 32.4 Å². The third-order valence-electron chi connectivity index (χ3n) is 2.73. The Balaban J connectivity index is 3.09. The van der Waals surface area contributed by atoms with E-state index in [1.165, 1.54) is 18.6 Å². The Morgan fingerprint density at radius 1 is 1.28 bits per heavy atom. The largest absolute Gasteiger partial charge is 0.401 e. The minimum Gasteiger partial charge on any atom is -0.299 e. The first-order valence-electron chi connectivity index (χ1n) is 5.37. The molecule has 1 aromatic rings. The molecule has 7 nitrogen and oxygen atoms in total. The molecule has 0 aliphatic carbocycles. The maximum Gasteiger partial charge on any atom is 0.401 e. The fraction of sp³-hybridized carbons (Fsp3) is 0.700. The minimum absolute atomic E-state index is 0.775. The molecule has 0 aliphatic heterocycles. The van der Waals surface area contributed by atoms with Gasteiger partial charge in [0.1, 0.15) is 5.69 Å². The zero-order valence-electron chi connectivity index (χ0n) is 11.4. The van der Waals surface area contributed by atoms with Crippen LogP contribution in [0.25, 0.3) is 0 Å². The predicted molar refractivity (Wildman–Crippen MR) is 63.1 cm³/mol. The van der Waals surface area contributed by atoms with E-state index in [0.29, 0.717) is 0 Å². The van der Waals surface area contributed by atoms with Crippen LogP contribution in [0, 0.1) is 20.8 Å². The summed E-state index contributed by atoms with van der Waals surface area (Å²) in [7, 11) is -2.71. The topological polar surface area (TPSA) is 81.6 Å². The van der Waals surface area contributed by atoms with Gasteiger partial charge in [0.05, 0.1) is 7.05 Å². The van der Waals surface area contributed by atoms with Crippen LogP contribution in [-0.2, 0) is 21.6 Å². The van der Waals surface area contributed by atoms with Crippen molar-refractivity contribution >= 4 is 10.4 Å². The summed E-state index contributed by atoms with van der Waals surface area (Å²) in [5.41, 5.74) is 1.80. The zero-order valence-corrected chi connectivity index (χ0v) is 12.2. The van der Waals surface area contributed by atoms with Crippen molar-refractivity contribution in [3.05, 3.63) is 17.2 Å². The van der Waals surface area contributed by atoms with Crippen LogP contribution in [0.4, 0.5) is 0 Å². The molecule has 1 N–H and O–H groups in total. The summed E-state index contributed by atoms with van der Waals surface area (Å²) in [4.78, 5) is 5.48. The highest BCUT2D eigenvalue weighted by Crippen LogP contribution is 2.14. The Hall–Kier alpha value is -1.12. The summed E-state index contributed by atoms with van der Waals surface area (Å²) in [5.74, 6) is -0.737. The lowest BCUT2D eigenvalue weighted by atomic mass is 10.4. The van der Waals surface area contributed by atoms with Gasteiger partial charge >= 0.3 is 10.4 Å². The summed E-state index contributed by atoms with van der Waals surface area (Å²) in [5, 5.41) is 0. The molecular formula is C10H19N2O5S+. The number of rotatable bonds is 4. The molecule has 0 spiro atoms. The number of nitrogens with zero attached hydrogens (tertiary/aromatic N) is 2. The highest BCUT2D eigenvalue weighted by atomic mass is 32.3. The molecule has 0 radical (unpaired) electrons. The quantitative estimate of drug-likeness (QED) is 0.484. The van der Waals surface area contributed by atoms with Crippen molar-refractivity contribution in [2.45, 2.75) is 40.4 Å². The van der Waals surface area contributed by atoms with Gasteiger partial charge in [-0.2, -0.15) is 12.6 Å². The number of hydrogen-bond acceptors (Lipinski definition) is 4. The van der Waals surface area contributed by atoms with Crippen molar-refractivity contribution in [2.24, 2.45) is 7.05 Å². The van der Waals surface area contributed by atoms with Gasteiger partial charge in [-0.25, -0.2) is 4.57 Å². The normalized spacial score (nSPS) is 12.8. The van der Waals surface area contributed by atoms with Gasteiger partial charge in [0.2, 0.25) is 0 Å². The number of imidazole rings is 1. The monoisotopic (exact) mass is 279 g/mol. The van der Waals surface area contributed by atoms with E-state index in [4.69, 9.17) is 9.39 Å². The van der Waals surface area contributed by atoms with Gasteiger partial charge in [0.25, 0.3) is 11.6 Å². The molecule has 18 heavy (non-hydrogen) atoms.